The fourth-order valence-corrected chi connectivity index (χ4v) is 2.21. The van der Waals surface area contributed by atoms with Gasteiger partial charge >= 0.3 is 5.97 Å². The lowest BCUT2D eigenvalue weighted by molar-refractivity contribution is -0.137. The van der Waals surface area contributed by atoms with Crippen LogP contribution < -0.4 is 4.90 Å². The Morgan fingerprint density at radius 2 is 2.11 bits per heavy atom. The zero-order valence-electron chi connectivity index (χ0n) is 10.8. The van der Waals surface area contributed by atoms with Crippen molar-refractivity contribution in [1.82, 2.24) is 0 Å². The number of hydrogen-bond acceptors (Lipinski definition) is 3. The van der Waals surface area contributed by atoms with Gasteiger partial charge in [-0.2, -0.15) is 0 Å². The second kappa shape index (κ2) is 6.52. The third-order valence-corrected chi connectivity index (χ3v) is 3.22. The molecule has 1 aromatic carbocycles. The maximum absolute atomic E-state index is 14.0. The van der Waals surface area contributed by atoms with Gasteiger partial charge in [0.15, 0.2) is 0 Å². The van der Waals surface area contributed by atoms with Gasteiger partial charge in [-0.1, -0.05) is 6.07 Å². The van der Waals surface area contributed by atoms with Crippen molar-refractivity contribution in [2.24, 2.45) is 0 Å². The van der Waals surface area contributed by atoms with Crippen molar-refractivity contribution in [1.29, 1.82) is 0 Å². The molecule has 0 aromatic heterocycles. The van der Waals surface area contributed by atoms with Gasteiger partial charge in [0.25, 0.3) is 0 Å². The Hall–Kier alpha value is -1.62. The van der Waals surface area contributed by atoms with E-state index >= 15 is 0 Å². The summed E-state index contributed by atoms with van der Waals surface area (Å²) in [5.41, 5.74) is 1.45. The number of nitrogens with zero attached hydrogens (tertiary/aromatic N) is 1. The highest BCUT2D eigenvalue weighted by atomic mass is 19.1. The lowest BCUT2D eigenvalue weighted by atomic mass is 10.1. The zero-order valence-corrected chi connectivity index (χ0v) is 10.8. The summed E-state index contributed by atoms with van der Waals surface area (Å²) in [6.45, 7) is 2.66. The third-order valence-electron chi connectivity index (χ3n) is 3.22. The van der Waals surface area contributed by atoms with Gasteiger partial charge in [0.1, 0.15) is 5.82 Å². The van der Waals surface area contributed by atoms with E-state index in [9.17, 15) is 9.18 Å². The van der Waals surface area contributed by atoms with Crippen LogP contribution in [-0.2, 0) is 16.0 Å². The largest absolute Gasteiger partial charge is 0.481 e. The molecule has 1 fully saturated rings. The molecule has 5 heteroatoms. The van der Waals surface area contributed by atoms with E-state index in [0.717, 1.165) is 5.56 Å². The molecule has 0 atom stereocenters. The highest BCUT2D eigenvalue weighted by Crippen LogP contribution is 2.22. The Kier molecular flexibility index (Phi) is 4.74. The minimum atomic E-state index is -0.814. The standard InChI is InChI=1S/C14H18FNO3/c15-12-10-11(2-1-3-14(17)18)4-5-13(12)16-6-8-19-9-7-16/h4-5,10H,1-3,6-9H2,(H,17,18). The number of morpholine rings is 1. The summed E-state index contributed by atoms with van der Waals surface area (Å²) in [5, 5.41) is 8.57. The van der Waals surface area contributed by atoms with Gasteiger partial charge in [-0.15, -0.1) is 0 Å². The summed E-state index contributed by atoms with van der Waals surface area (Å²) in [6, 6.07) is 5.15. The van der Waals surface area contributed by atoms with Gasteiger partial charge in [-0.05, 0) is 30.5 Å². The van der Waals surface area contributed by atoms with E-state index in [1.54, 1.807) is 6.07 Å². The van der Waals surface area contributed by atoms with E-state index in [1.165, 1.54) is 6.07 Å². The SMILES string of the molecule is O=C(O)CCCc1ccc(N2CCOCC2)c(F)c1. The van der Waals surface area contributed by atoms with Crippen LogP contribution in [0.25, 0.3) is 0 Å². The second-order valence-corrected chi connectivity index (χ2v) is 4.63. The Bertz CT molecular complexity index is 444. The maximum Gasteiger partial charge on any atom is 0.303 e. The normalized spacial score (nSPS) is 15.5. The van der Waals surface area contributed by atoms with Crippen LogP contribution in [0.1, 0.15) is 18.4 Å². The fourth-order valence-electron chi connectivity index (χ4n) is 2.21. The number of aryl methyl sites for hydroxylation is 1. The van der Waals surface area contributed by atoms with Crippen molar-refractivity contribution in [2.75, 3.05) is 31.2 Å². The summed E-state index contributed by atoms with van der Waals surface area (Å²) in [6.07, 6.45) is 1.24. The number of rotatable bonds is 5. The number of anilines is 1. The summed E-state index contributed by atoms with van der Waals surface area (Å²) in [7, 11) is 0. The molecule has 2 rings (SSSR count). The molecule has 104 valence electrons. The Labute approximate surface area is 111 Å². The molecule has 0 radical (unpaired) electrons. The fraction of sp³-hybridized carbons (Fsp3) is 0.500. The van der Waals surface area contributed by atoms with Gasteiger partial charge in [-0.25, -0.2) is 4.39 Å². The first-order valence-corrected chi connectivity index (χ1v) is 6.50. The number of aliphatic carboxylic acids is 1. The molecule has 1 saturated heterocycles. The zero-order chi connectivity index (χ0) is 13.7. The predicted molar refractivity (Wildman–Crippen MR) is 70.0 cm³/mol. The summed E-state index contributed by atoms with van der Waals surface area (Å²) in [5.74, 6) is -1.06. The van der Waals surface area contributed by atoms with Crippen molar-refractivity contribution >= 4 is 11.7 Å². The van der Waals surface area contributed by atoms with Crippen LogP contribution >= 0.6 is 0 Å². The summed E-state index contributed by atoms with van der Waals surface area (Å²) < 4.78 is 19.3. The molecule has 1 aromatic rings. The molecule has 0 unspecified atom stereocenters. The Morgan fingerprint density at radius 3 is 2.74 bits per heavy atom. The first-order chi connectivity index (χ1) is 9.16. The van der Waals surface area contributed by atoms with Gasteiger partial charge in [0, 0.05) is 19.5 Å². The van der Waals surface area contributed by atoms with Crippen LogP contribution in [0.5, 0.6) is 0 Å². The molecule has 19 heavy (non-hydrogen) atoms. The van der Waals surface area contributed by atoms with Gasteiger partial charge in [0.2, 0.25) is 0 Å². The quantitative estimate of drug-likeness (QED) is 0.887. The molecule has 1 aliphatic rings. The molecule has 0 saturated carbocycles. The Morgan fingerprint density at radius 1 is 1.37 bits per heavy atom. The first kappa shape index (κ1) is 13.8. The number of hydrogen-bond donors (Lipinski definition) is 1. The van der Waals surface area contributed by atoms with Gasteiger partial charge < -0.3 is 14.7 Å². The second-order valence-electron chi connectivity index (χ2n) is 4.63. The van der Waals surface area contributed by atoms with Crippen LogP contribution in [0.3, 0.4) is 0 Å². The number of carbonyl (C=O) groups is 1. The number of benzene rings is 1. The van der Waals surface area contributed by atoms with Crippen LogP contribution in [0.15, 0.2) is 18.2 Å². The molecule has 1 N–H and O–H groups in total. The third kappa shape index (κ3) is 3.92. The van der Waals surface area contributed by atoms with Crippen molar-refractivity contribution in [2.45, 2.75) is 19.3 Å². The van der Waals surface area contributed by atoms with E-state index in [4.69, 9.17) is 9.84 Å². The number of ether oxygens (including phenoxy) is 1. The van der Waals surface area contributed by atoms with Crippen LogP contribution in [0.2, 0.25) is 0 Å². The van der Waals surface area contributed by atoms with Gasteiger partial charge in [0.05, 0.1) is 18.9 Å². The number of carboxylic acids is 1. The molecule has 0 spiro atoms. The van der Waals surface area contributed by atoms with E-state index < -0.39 is 5.97 Å². The molecule has 0 bridgehead atoms. The minimum Gasteiger partial charge on any atom is -0.481 e. The molecule has 0 aliphatic carbocycles. The maximum atomic E-state index is 14.0. The highest BCUT2D eigenvalue weighted by molar-refractivity contribution is 5.66. The van der Waals surface area contributed by atoms with Crippen molar-refractivity contribution in [3.8, 4) is 0 Å². The summed E-state index contributed by atoms with van der Waals surface area (Å²) >= 11 is 0. The van der Waals surface area contributed by atoms with Crippen LogP contribution in [-0.4, -0.2) is 37.4 Å². The highest BCUT2D eigenvalue weighted by Gasteiger charge is 2.15. The smallest absolute Gasteiger partial charge is 0.303 e. The molecule has 0 amide bonds. The Balaban J connectivity index is 1.98. The molecule has 1 heterocycles. The predicted octanol–water partition coefficient (Wildman–Crippen LogP) is 2.07. The minimum absolute atomic E-state index is 0.118. The number of carboxylic acid groups (broad SMARTS) is 1. The molecular formula is C14H18FNO3. The lowest BCUT2D eigenvalue weighted by Crippen LogP contribution is -2.36. The summed E-state index contributed by atoms with van der Waals surface area (Å²) in [4.78, 5) is 12.4. The van der Waals surface area contributed by atoms with Gasteiger partial charge in [-0.3, -0.25) is 4.79 Å². The first-order valence-electron chi connectivity index (χ1n) is 6.50. The van der Waals surface area contributed by atoms with E-state index in [0.29, 0.717) is 44.8 Å². The topological polar surface area (TPSA) is 49.8 Å². The van der Waals surface area contributed by atoms with E-state index in [1.807, 2.05) is 11.0 Å². The molecular weight excluding hydrogens is 249 g/mol. The number of halogens is 1. The molecule has 1 aliphatic heterocycles. The average Bonchev–Trinajstić information content (AvgIpc) is 2.39. The van der Waals surface area contributed by atoms with Crippen molar-refractivity contribution in [3.05, 3.63) is 29.6 Å². The average molecular weight is 267 g/mol. The van der Waals surface area contributed by atoms with E-state index in [-0.39, 0.29) is 12.2 Å². The van der Waals surface area contributed by atoms with Crippen LogP contribution in [0.4, 0.5) is 10.1 Å². The van der Waals surface area contributed by atoms with Crippen molar-refractivity contribution < 1.29 is 19.0 Å². The molecule has 4 nitrogen and oxygen atoms in total. The lowest BCUT2D eigenvalue weighted by Gasteiger charge is -2.29. The van der Waals surface area contributed by atoms with E-state index in [2.05, 4.69) is 0 Å². The monoisotopic (exact) mass is 267 g/mol. The van der Waals surface area contributed by atoms with Crippen LogP contribution in [0, 0.1) is 5.82 Å². The van der Waals surface area contributed by atoms with Crippen molar-refractivity contribution in [3.63, 3.8) is 0 Å².